The second-order valence-electron chi connectivity index (χ2n) is 7.16. The predicted octanol–water partition coefficient (Wildman–Crippen LogP) is 4.00. The van der Waals surface area contributed by atoms with Crippen molar-refractivity contribution >= 4 is 39.2 Å². The lowest BCUT2D eigenvalue weighted by Gasteiger charge is -2.05. The van der Waals surface area contributed by atoms with Gasteiger partial charge in [-0.2, -0.15) is 10.2 Å². The summed E-state index contributed by atoms with van der Waals surface area (Å²) in [4.78, 5) is 4.57. The van der Waals surface area contributed by atoms with E-state index < -0.39 is 0 Å². The molecule has 8 heteroatoms. The third kappa shape index (κ3) is 3.60. The summed E-state index contributed by atoms with van der Waals surface area (Å²) in [5.41, 5.74) is 10.9. The fourth-order valence-corrected chi connectivity index (χ4v) is 3.70. The number of H-pyrrole nitrogens is 1. The Hall–Kier alpha value is -3.42. The zero-order valence-electron chi connectivity index (χ0n) is 16.1. The van der Waals surface area contributed by atoms with Gasteiger partial charge in [-0.3, -0.25) is 9.78 Å². The highest BCUT2D eigenvalue weighted by atomic mass is 35.5. The van der Waals surface area contributed by atoms with Gasteiger partial charge in [0, 0.05) is 46.8 Å². The van der Waals surface area contributed by atoms with Crippen molar-refractivity contribution in [2.75, 3.05) is 12.3 Å². The molecule has 0 saturated carbocycles. The summed E-state index contributed by atoms with van der Waals surface area (Å²) >= 11 is 5.93. The van der Waals surface area contributed by atoms with Crippen molar-refractivity contribution in [2.45, 2.75) is 13.1 Å². The maximum absolute atomic E-state index is 6.21. The quantitative estimate of drug-likeness (QED) is 0.363. The number of fused-ring (bicyclic) bond motifs is 3. The number of aromatic amines is 1. The fraction of sp³-hybridized carbons (Fsp3) is 0.136. The van der Waals surface area contributed by atoms with Gasteiger partial charge in [-0.25, -0.2) is 4.98 Å². The molecule has 3 aromatic heterocycles. The molecule has 0 spiro atoms. The summed E-state index contributed by atoms with van der Waals surface area (Å²) < 4.78 is 1.92. The Bertz CT molecular complexity index is 1310. The van der Waals surface area contributed by atoms with Gasteiger partial charge in [-0.15, -0.1) is 0 Å². The Balaban J connectivity index is 1.36. The molecule has 5 aromatic rings. The van der Waals surface area contributed by atoms with Crippen molar-refractivity contribution in [3.63, 3.8) is 0 Å². The summed E-state index contributed by atoms with van der Waals surface area (Å²) in [5, 5.41) is 17.8. The first-order valence-corrected chi connectivity index (χ1v) is 10.1. The lowest BCUT2D eigenvalue weighted by Crippen LogP contribution is -2.19. The molecule has 4 N–H and O–H groups in total. The number of benzene rings is 2. The van der Waals surface area contributed by atoms with Gasteiger partial charge in [0.05, 0.1) is 17.8 Å². The van der Waals surface area contributed by atoms with Gasteiger partial charge in [-0.05, 0) is 29.8 Å². The van der Waals surface area contributed by atoms with Crippen LogP contribution in [0.5, 0.6) is 0 Å². The van der Waals surface area contributed by atoms with E-state index in [0.717, 1.165) is 57.7 Å². The van der Waals surface area contributed by atoms with Crippen LogP contribution in [0, 0.1) is 0 Å². The van der Waals surface area contributed by atoms with Crippen LogP contribution in [0.2, 0.25) is 5.02 Å². The highest BCUT2D eigenvalue weighted by Crippen LogP contribution is 2.29. The first kappa shape index (κ1) is 18.6. The van der Waals surface area contributed by atoms with Crippen LogP contribution in [0.4, 0.5) is 5.82 Å². The van der Waals surface area contributed by atoms with E-state index in [4.69, 9.17) is 17.3 Å². The van der Waals surface area contributed by atoms with E-state index in [1.807, 2.05) is 47.3 Å². The molecular weight excluding hydrogens is 398 g/mol. The second kappa shape index (κ2) is 7.78. The van der Waals surface area contributed by atoms with E-state index in [0.29, 0.717) is 5.82 Å². The van der Waals surface area contributed by atoms with Crippen LogP contribution >= 0.6 is 11.6 Å². The lowest BCUT2D eigenvalue weighted by molar-refractivity contribution is 0.558. The monoisotopic (exact) mass is 417 g/mol. The van der Waals surface area contributed by atoms with E-state index in [1.54, 1.807) is 6.20 Å². The first-order chi connectivity index (χ1) is 14.7. The van der Waals surface area contributed by atoms with Crippen LogP contribution in [-0.4, -0.2) is 31.5 Å². The zero-order chi connectivity index (χ0) is 20.5. The molecule has 150 valence electrons. The van der Waals surface area contributed by atoms with Gasteiger partial charge >= 0.3 is 0 Å². The van der Waals surface area contributed by atoms with Crippen LogP contribution in [0.1, 0.15) is 5.56 Å². The molecule has 0 fully saturated rings. The SMILES string of the molecule is Nc1nc2cc(-c3ccn[nH]3)ccc2c2cn(CCNCc3ccc(Cl)cc3)nc12. The average molecular weight is 418 g/mol. The average Bonchev–Trinajstić information content (AvgIpc) is 3.43. The third-order valence-electron chi connectivity index (χ3n) is 5.10. The van der Waals surface area contributed by atoms with E-state index in [2.05, 4.69) is 37.7 Å². The number of hydrogen-bond acceptors (Lipinski definition) is 5. The smallest absolute Gasteiger partial charge is 0.152 e. The third-order valence-corrected chi connectivity index (χ3v) is 5.36. The Morgan fingerprint density at radius 3 is 2.73 bits per heavy atom. The van der Waals surface area contributed by atoms with Crippen LogP contribution in [0.25, 0.3) is 33.1 Å². The van der Waals surface area contributed by atoms with E-state index in [-0.39, 0.29) is 0 Å². The number of rotatable bonds is 6. The van der Waals surface area contributed by atoms with Gasteiger partial charge in [0.1, 0.15) is 5.52 Å². The molecule has 0 unspecified atom stereocenters. The molecule has 0 bridgehead atoms. The minimum Gasteiger partial charge on any atom is -0.382 e. The number of hydrogen-bond donors (Lipinski definition) is 3. The van der Waals surface area contributed by atoms with Crippen LogP contribution in [0.15, 0.2) is 60.9 Å². The molecule has 5 rings (SSSR count). The number of nitrogens with one attached hydrogen (secondary N) is 2. The predicted molar refractivity (Wildman–Crippen MR) is 120 cm³/mol. The van der Waals surface area contributed by atoms with Crippen molar-refractivity contribution in [1.82, 2.24) is 30.3 Å². The molecule has 0 atom stereocenters. The van der Waals surface area contributed by atoms with Gasteiger partial charge in [0.15, 0.2) is 5.82 Å². The molecule has 0 aliphatic rings. The van der Waals surface area contributed by atoms with Crippen molar-refractivity contribution in [3.05, 3.63) is 71.5 Å². The maximum Gasteiger partial charge on any atom is 0.152 e. The first-order valence-electron chi connectivity index (χ1n) is 9.69. The van der Waals surface area contributed by atoms with Crippen LogP contribution in [-0.2, 0) is 13.1 Å². The van der Waals surface area contributed by atoms with Crippen molar-refractivity contribution < 1.29 is 0 Å². The molecule has 0 saturated heterocycles. The Morgan fingerprint density at radius 2 is 1.93 bits per heavy atom. The molecule has 30 heavy (non-hydrogen) atoms. The van der Waals surface area contributed by atoms with Crippen LogP contribution in [0.3, 0.4) is 0 Å². The number of aromatic nitrogens is 5. The molecule has 0 aliphatic carbocycles. The molecule has 3 heterocycles. The topological polar surface area (TPSA) is 97.4 Å². The molecule has 0 radical (unpaired) electrons. The normalized spacial score (nSPS) is 11.5. The summed E-state index contributed by atoms with van der Waals surface area (Å²) in [6.45, 7) is 2.29. The van der Waals surface area contributed by atoms with E-state index in [9.17, 15) is 0 Å². The van der Waals surface area contributed by atoms with Gasteiger partial charge in [0.2, 0.25) is 0 Å². The molecule has 2 aromatic carbocycles. The number of nitrogens with zero attached hydrogens (tertiary/aromatic N) is 4. The Morgan fingerprint density at radius 1 is 1.07 bits per heavy atom. The van der Waals surface area contributed by atoms with Gasteiger partial charge in [0.25, 0.3) is 0 Å². The van der Waals surface area contributed by atoms with Crippen molar-refractivity contribution in [2.24, 2.45) is 0 Å². The summed E-state index contributed by atoms with van der Waals surface area (Å²) in [6, 6.07) is 15.9. The van der Waals surface area contributed by atoms with Crippen molar-refractivity contribution in [1.29, 1.82) is 0 Å². The lowest BCUT2D eigenvalue weighted by atomic mass is 10.1. The highest BCUT2D eigenvalue weighted by molar-refractivity contribution is 6.30. The second-order valence-corrected chi connectivity index (χ2v) is 7.59. The highest BCUT2D eigenvalue weighted by Gasteiger charge is 2.12. The number of anilines is 1. The number of nitrogens with two attached hydrogens (primary N) is 1. The van der Waals surface area contributed by atoms with Gasteiger partial charge < -0.3 is 11.1 Å². The van der Waals surface area contributed by atoms with E-state index >= 15 is 0 Å². The minimum atomic E-state index is 0.437. The summed E-state index contributed by atoms with van der Waals surface area (Å²) in [5.74, 6) is 0.437. The van der Waals surface area contributed by atoms with E-state index in [1.165, 1.54) is 5.56 Å². The largest absolute Gasteiger partial charge is 0.382 e. The summed E-state index contributed by atoms with van der Waals surface area (Å²) in [7, 11) is 0. The Labute approximate surface area is 177 Å². The number of halogens is 1. The Kier molecular flexibility index (Phi) is 4.82. The number of pyridine rings is 1. The molecule has 0 aliphatic heterocycles. The van der Waals surface area contributed by atoms with Gasteiger partial charge in [-0.1, -0.05) is 35.9 Å². The minimum absolute atomic E-state index is 0.437. The molecule has 0 amide bonds. The zero-order valence-corrected chi connectivity index (χ0v) is 16.9. The fourth-order valence-electron chi connectivity index (χ4n) is 3.57. The molecule has 7 nitrogen and oxygen atoms in total. The van der Waals surface area contributed by atoms with Crippen LogP contribution < -0.4 is 11.1 Å². The number of nitrogen functional groups attached to an aromatic ring is 1. The van der Waals surface area contributed by atoms with Crippen molar-refractivity contribution in [3.8, 4) is 11.3 Å². The standard InChI is InChI=1S/C22H20ClN7/c23-16-4-1-14(2-5-16)12-25-9-10-30-13-18-17-6-3-15(19-7-8-26-28-19)11-20(17)27-22(24)21(18)29-30/h1-8,11,13,25H,9-10,12H2,(H2,24,27)(H,26,28). The maximum atomic E-state index is 6.21. The summed E-state index contributed by atoms with van der Waals surface area (Å²) in [6.07, 6.45) is 3.77. The molecular formula is C22H20ClN7.